The second-order valence-corrected chi connectivity index (χ2v) is 5.55. The fourth-order valence-electron chi connectivity index (χ4n) is 1.93. The number of hydrogen-bond acceptors (Lipinski definition) is 3. The molecule has 2 rings (SSSR count). The molecule has 0 aliphatic heterocycles. The molecule has 0 bridgehead atoms. The molecule has 106 valence electrons. The van der Waals surface area contributed by atoms with Crippen LogP contribution in [-0.4, -0.2) is 11.7 Å². The zero-order valence-corrected chi connectivity index (χ0v) is 12.9. The Kier molecular flexibility index (Phi) is 5.17. The summed E-state index contributed by atoms with van der Waals surface area (Å²) in [6.07, 6.45) is 0.662. The Balaban J connectivity index is 2.11. The maximum Gasteiger partial charge on any atom is 0.128 e. The standard InChI is InChI=1S/C16H18BrNO2/c1-11(18)15-7-6-14(10-16(15)17)20-13-4-2-12(3-5-13)8-9-19/h2-7,10-11,19H,8-9,18H2,1H3. The molecule has 2 aromatic rings. The number of benzene rings is 2. The van der Waals surface area contributed by atoms with Crippen LogP contribution in [0.5, 0.6) is 11.5 Å². The first-order valence-electron chi connectivity index (χ1n) is 6.53. The molecule has 0 saturated carbocycles. The molecular weight excluding hydrogens is 318 g/mol. The number of ether oxygens (including phenoxy) is 1. The maximum absolute atomic E-state index is 8.88. The highest BCUT2D eigenvalue weighted by Gasteiger charge is 2.06. The van der Waals surface area contributed by atoms with Gasteiger partial charge in [-0.25, -0.2) is 0 Å². The molecule has 3 N–H and O–H groups in total. The van der Waals surface area contributed by atoms with E-state index in [9.17, 15) is 0 Å². The first-order valence-corrected chi connectivity index (χ1v) is 7.32. The van der Waals surface area contributed by atoms with E-state index in [4.69, 9.17) is 15.6 Å². The number of halogens is 1. The second-order valence-electron chi connectivity index (χ2n) is 4.69. The second kappa shape index (κ2) is 6.88. The van der Waals surface area contributed by atoms with Gasteiger partial charge in [-0.05, 0) is 48.7 Å². The summed E-state index contributed by atoms with van der Waals surface area (Å²) in [5.74, 6) is 1.53. The summed E-state index contributed by atoms with van der Waals surface area (Å²) in [4.78, 5) is 0. The Morgan fingerprint density at radius 2 is 1.80 bits per heavy atom. The van der Waals surface area contributed by atoms with E-state index in [1.54, 1.807) is 0 Å². The minimum atomic E-state index is -0.0174. The van der Waals surface area contributed by atoms with E-state index >= 15 is 0 Å². The van der Waals surface area contributed by atoms with Crippen molar-refractivity contribution in [2.45, 2.75) is 19.4 Å². The van der Waals surface area contributed by atoms with Crippen molar-refractivity contribution in [2.75, 3.05) is 6.61 Å². The van der Waals surface area contributed by atoms with E-state index in [2.05, 4.69) is 15.9 Å². The molecule has 2 aromatic carbocycles. The van der Waals surface area contributed by atoms with Gasteiger partial charge < -0.3 is 15.6 Å². The largest absolute Gasteiger partial charge is 0.457 e. The van der Waals surface area contributed by atoms with Crippen LogP contribution < -0.4 is 10.5 Å². The molecule has 0 fully saturated rings. The van der Waals surface area contributed by atoms with Crippen LogP contribution in [0.15, 0.2) is 46.9 Å². The SMILES string of the molecule is CC(N)c1ccc(Oc2ccc(CCO)cc2)cc1Br. The third-order valence-corrected chi connectivity index (χ3v) is 3.71. The lowest BCUT2D eigenvalue weighted by molar-refractivity contribution is 0.299. The molecule has 0 saturated heterocycles. The minimum absolute atomic E-state index is 0.0174. The first kappa shape index (κ1) is 15.0. The third-order valence-electron chi connectivity index (χ3n) is 3.02. The number of nitrogens with two attached hydrogens (primary N) is 1. The molecular formula is C16H18BrNO2. The van der Waals surface area contributed by atoms with Gasteiger partial charge in [-0.15, -0.1) is 0 Å². The topological polar surface area (TPSA) is 55.5 Å². The molecule has 20 heavy (non-hydrogen) atoms. The zero-order chi connectivity index (χ0) is 14.5. The third kappa shape index (κ3) is 3.82. The zero-order valence-electron chi connectivity index (χ0n) is 11.3. The molecule has 4 heteroatoms. The van der Waals surface area contributed by atoms with Gasteiger partial charge in [-0.2, -0.15) is 0 Å². The highest BCUT2D eigenvalue weighted by Crippen LogP contribution is 2.29. The smallest absolute Gasteiger partial charge is 0.128 e. The van der Waals surface area contributed by atoms with Crippen molar-refractivity contribution in [3.63, 3.8) is 0 Å². The monoisotopic (exact) mass is 335 g/mol. The lowest BCUT2D eigenvalue weighted by atomic mass is 10.1. The molecule has 3 nitrogen and oxygen atoms in total. The Morgan fingerprint density at radius 1 is 1.15 bits per heavy atom. The van der Waals surface area contributed by atoms with Gasteiger partial charge in [0.25, 0.3) is 0 Å². The summed E-state index contributed by atoms with van der Waals surface area (Å²) < 4.78 is 6.74. The van der Waals surface area contributed by atoms with E-state index in [0.717, 1.165) is 27.1 Å². The van der Waals surface area contributed by atoms with Crippen LogP contribution >= 0.6 is 15.9 Å². The van der Waals surface area contributed by atoms with Gasteiger partial charge in [0.05, 0.1) is 0 Å². The molecule has 1 unspecified atom stereocenters. The average molecular weight is 336 g/mol. The van der Waals surface area contributed by atoms with Crippen molar-refractivity contribution < 1.29 is 9.84 Å². The van der Waals surface area contributed by atoms with Crippen LogP contribution in [0.4, 0.5) is 0 Å². The van der Waals surface area contributed by atoms with Gasteiger partial charge in [0, 0.05) is 17.1 Å². The number of aliphatic hydroxyl groups excluding tert-OH is 1. The van der Waals surface area contributed by atoms with Gasteiger partial charge in [0.2, 0.25) is 0 Å². The summed E-state index contributed by atoms with van der Waals surface area (Å²) in [5.41, 5.74) is 8.01. The van der Waals surface area contributed by atoms with Gasteiger partial charge >= 0.3 is 0 Å². The Bertz CT molecular complexity index is 567. The quantitative estimate of drug-likeness (QED) is 0.873. The van der Waals surface area contributed by atoms with E-state index in [1.807, 2.05) is 49.4 Å². The molecule has 0 radical (unpaired) electrons. The van der Waals surface area contributed by atoms with Crippen LogP contribution in [-0.2, 0) is 6.42 Å². The molecule has 0 heterocycles. The highest BCUT2D eigenvalue weighted by atomic mass is 79.9. The molecule has 0 aliphatic carbocycles. The summed E-state index contributed by atoms with van der Waals surface area (Å²) in [5, 5.41) is 8.88. The molecule has 0 aromatic heterocycles. The fraction of sp³-hybridized carbons (Fsp3) is 0.250. The number of rotatable bonds is 5. The van der Waals surface area contributed by atoms with Crippen molar-refractivity contribution in [2.24, 2.45) is 5.73 Å². The predicted molar refractivity (Wildman–Crippen MR) is 84.1 cm³/mol. The van der Waals surface area contributed by atoms with Crippen molar-refractivity contribution in [3.8, 4) is 11.5 Å². The van der Waals surface area contributed by atoms with Gasteiger partial charge in [0.15, 0.2) is 0 Å². The lowest BCUT2D eigenvalue weighted by Gasteiger charge is -2.11. The van der Waals surface area contributed by atoms with Gasteiger partial charge in [0.1, 0.15) is 11.5 Å². The van der Waals surface area contributed by atoms with Crippen molar-refractivity contribution in [1.29, 1.82) is 0 Å². The summed E-state index contributed by atoms with van der Waals surface area (Å²) in [6.45, 7) is 2.10. The Hall–Kier alpha value is -1.36. The van der Waals surface area contributed by atoms with Crippen LogP contribution in [0.3, 0.4) is 0 Å². The van der Waals surface area contributed by atoms with Crippen molar-refractivity contribution in [1.82, 2.24) is 0 Å². The lowest BCUT2D eigenvalue weighted by Crippen LogP contribution is -2.05. The number of aliphatic hydroxyl groups is 1. The summed E-state index contributed by atoms with van der Waals surface area (Å²) >= 11 is 3.51. The van der Waals surface area contributed by atoms with Crippen LogP contribution in [0.1, 0.15) is 24.1 Å². The van der Waals surface area contributed by atoms with E-state index in [0.29, 0.717) is 6.42 Å². The van der Waals surface area contributed by atoms with Crippen molar-refractivity contribution in [3.05, 3.63) is 58.1 Å². The van der Waals surface area contributed by atoms with Crippen LogP contribution in [0.2, 0.25) is 0 Å². The van der Waals surface area contributed by atoms with Crippen molar-refractivity contribution >= 4 is 15.9 Å². The van der Waals surface area contributed by atoms with Gasteiger partial charge in [-0.3, -0.25) is 0 Å². The molecule has 0 amide bonds. The molecule has 1 atom stereocenters. The van der Waals surface area contributed by atoms with E-state index in [-0.39, 0.29) is 12.6 Å². The first-order chi connectivity index (χ1) is 9.60. The predicted octanol–water partition coefficient (Wildman–Crippen LogP) is 3.80. The minimum Gasteiger partial charge on any atom is -0.457 e. The van der Waals surface area contributed by atoms with Gasteiger partial charge in [-0.1, -0.05) is 34.1 Å². The van der Waals surface area contributed by atoms with Crippen LogP contribution in [0, 0.1) is 0 Å². The summed E-state index contributed by atoms with van der Waals surface area (Å²) in [7, 11) is 0. The molecule has 0 aliphatic rings. The van der Waals surface area contributed by atoms with E-state index < -0.39 is 0 Å². The highest BCUT2D eigenvalue weighted by molar-refractivity contribution is 9.10. The summed E-state index contributed by atoms with van der Waals surface area (Å²) in [6, 6.07) is 13.5. The van der Waals surface area contributed by atoms with E-state index in [1.165, 1.54) is 0 Å². The molecule has 0 spiro atoms. The van der Waals surface area contributed by atoms with Crippen LogP contribution in [0.25, 0.3) is 0 Å². The fourth-order valence-corrected chi connectivity index (χ4v) is 2.65. The maximum atomic E-state index is 8.88. The Labute approximate surface area is 127 Å². The number of hydrogen-bond donors (Lipinski definition) is 2. The normalized spacial score (nSPS) is 12.2. The Morgan fingerprint density at radius 3 is 2.35 bits per heavy atom. The average Bonchev–Trinajstić information content (AvgIpc) is 2.41.